The van der Waals surface area contributed by atoms with Crippen LogP contribution in [-0.2, 0) is 9.47 Å². The third-order valence-corrected chi connectivity index (χ3v) is 4.21. The van der Waals surface area contributed by atoms with E-state index in [1.807, 2.05) is 13.8 Å². The Morgan fingerprint density at radius 1 is 1.41 bits per heavy atom. The van der Waals surface area contributed by atoms with Gasteiger partial charge in [0.2, 0.25) is 0 Å². The fourth-order valence-electron chi connectivity index (χ4n) is 1.12. The first-order valence-corrected chi connectivity index (χ1v) is 7.58. The van der Waals surface area contributed by atoms with Gasteiger partial charge in [-0.25, -0.2) is 0 Å². The van der Waals surface area contributed by atoms with Gasteiger partial charge >= 0.3 is 0 Å². The van der Waals surface area contributed by atoms with Gasteiger partial charge < -0.3 is 9.47 Å². The van der Waals surface area contributed by atoms with E-state index in [1.165, 1.54) is 11.3 Å². The molecule has 0 atom stereocenters. The highest BCUT2D eigenvalue weighted by molar-refractivity contribution is 9.12. The number of ketones is 1. The van der Waals surface area contributed by atoms with Crippen molar-refractivity contribution in [2.75, 3.05) is 19.8 Å². The summed E-state index contributed by atoms with van der Waals surface area (Å²) in [5.74, 6) is -0.0247. The van der Waals surface area contributed by atoms with Crippen molar-refractivity contribution in [2.45, 2.75) is 20.0 Å². The van der Waals surface area contributed by atoms with Crippen LogP contribution in [0.1, 0.15) is 24.2 Å². The van der Waals surface area contributed by atoms with Crippen molar-refractivity contribution in [2.24, 2.45) is 0 Å². The zero-order valence-corrected chi connectivity index (χ0v) is 13.7. The van der Waals surface area contributed by atoms with E-state index in [9.17, 15) is 4.79 Å². The standard InChI is InChI=1S/C11H14Br2O3S/c1-7(2)16-4-3-15-6-9(14)8-5-10(12)17-11(8)13/h5,7H,3-4,6H2,1-2H3. The summed E-state index contributed by atoms with van der Waals surface area (Å²) in [4.78, 5) is 11.8. The van der Waals surface area contributed by atoms with Crippen LogP contribution in [0.2, 0.25) is 0 Å². The Morgan fingerprint density at radius 2 is 2.12 bits per heavy atom. The minimum atomic E-state index is -0.0247. The van der Waals surface area contributed by atoms with Crippen LogP contribution >= 0.6 is 43.2 Å². The number of thiophene rings is 1. The van der Waals surface area contributed by atoms with Crippen LogP contribution in [0.4, 0.5) is 0 Å². The van der Waals surface area contributed by atoms with Gasteiger partial charge in [0.15, 0.2) is 5.78 Å². The molecule has 1 aromatic heterocycles. The van der Waals surface area contributed by atoms with Crippen LogP contribution in [0.15, 0.2) is 13.6 Å². The molecule has 6 heteroatoms. The second-order valence-corrected chi connectivity index (χ2v) is 7.38. The Hall–Kier alpha value is 0.250. The lowest BCUT2D eigenvalue weighted by Gasteiger charge is -2.07. The summed E-state index contributed by atoms with van der Waals surface area (Å²) < 4.78 is 12.3. The van der Waals surface area contributed by atoms with Crippen molar-refractivity contribution in [3.05, 3.63) is 19.2 Å². The molecule has 0 amide bonds. The second-order valence-electron chi connectivity index (χ2n) is 3.63. The smallest absolute Gasteiger partial charge is 0.190 e. The summed E-state index contributed by atoms with van der Waals surface area (Å²) in [5, 5.41) is 0. The first-order valence-electron chi connectivity index (χ1n) is 5.18. The molecule has 0 aliphatic heterocycles. The Balaban J connectivity index is 2.28. The molecule has 0 saturated heterocycles. The van der Waals surface area contributed by atoms with Crippen LogP contribution < -0.4 is 0 Å². The Labute approximate surface area is 122 Å². The number of rotatable bonds is 7. The molecule has 0 N–H and O–H groups in total. The molecule has 17 heavy (non-hydrogen) atoms. The quantitative estimate of drug-likeness (QED) is 0.527. The largest absolute Gasteiger partial charge is 0.376 e. The molecule has 1 aromatic rings. The normalized spacial score (nSPS) is 11.1. The van der Waals surface area contributed by atoms with Crippen LogP contribution in [0, 0.1) is 0 Å². The van der Waals surface area contributed by atoms with Crippen LogP contribution in [0.3, 0.4) is 0 Å². The molecule has 0 aliphatic carbocycles. The maximum atomic E-state index is 11.8. The van der Waals surface area contributed by atoms with Crippen molar-refractivity contribution in [1.29, 1.82) is 0 Å². The van der Waals surface area contributed by atoms with Gasteiger partial charge in [-0.05, 0) is 51.8 Å². The number of hydrogen-bond acceptors (Lipinski definition) is 4. The first kappa shape index (κ1) is 15.3. The summed E-state index contributed by atoms with van der Waals surface area (Å²) in [5.41, 5.74) is 0.659. The Kier molecular flexibility index (Phi) is 6.87. The summed E-state index contributed by atoms with van der Waals surface area (Å²) in [6.45, 7) is 4.96. The van der Waals surface area contributed by atoms with E-state index >= 15 is 0 Å². The van der Waals surface area contributed by atoms with Crippen molar-refractivity contribution in [3.8, 4) is 0 Å². The van der Waals surface area contributed by atoms with E-state index in [1.54, 1.807) is 6.07 Å². The first-order chi connectivity index (χ1) is 8.00. The average Bonchev–Trinajstić information content (AvgIpc) is 2.56. The van der Waals surface area contributed by atoms with Gasteiger partial charge in [0.05, 0.1) is 26.9 Å². The maximum absolute atomic E-state index is 11.8. The minimum absolute atomic E-state index is 0.0247. The molecule has 0 aromatic carbocycles. The van der Waals surface area contributed by atoms with E-state index in [2.05, 4.69) is 31.9 Å². The van der Waals surface area contributed by atoms with Gasteiger partial charge in [-0.2, -0.15) is 0 Å². The minimum Gasteiger partial charge on any atom is -0.376 e. The zero-order valence-electron chi connectivity index (χ0n) is 9.66. The summed E-state index contributed by atoms with van der Waals surface area (Å²) in [6.07, 6.45) is 0.191. The lowest BCUT2D eigenvalue weighted by Crippen LogP contribution is -2.14. The van der Waals surface area contributed by atoms with Crippen LogP contribution in [0.5, 0.6) is 0 Å². The molecule has 0 aliphatic rings. The molecule has 1 heterocycles. The van der Waals surface area contributed by atoms with Gasteiger partial charge in [0, 0.05) is 5.56 Å². The van der Waals surface area contributed by atoms with Gasteiger partial charge in [-0.1, -0.05) is 0 Å². The molecule has 0 fully saturated rings. The molecule has 0 unspecified atom stereocenters. The van der Waals surface area contributed by atoms with Crippen LogP contribution in [0.25, 0.3) is 0 Å². The lowest BCUT2D eigenvalue weighted by atomic mass is 10.2. The van der Waals surface area contributed by atoms with E-state index in [0.29, 0.717) is 18.8 Å². The third kappa shape index (κ3) is 5.61. The topological polar surface area (TPSA) is 35.5 Å². The van der Waals surface area contributed by atoms with Gasteiger partial charge in [-0.15, -0.1) is 11.3 Å². The SMILES string of the molecule is CC(C)OCCOCC(=O)c1cc(Br)sc1Br. The van der Waals surface area contributed by atoms with Crippen molar-refractivity contribution in [3.63, 3.8) is 0 Å². The summed E-state index contributed by atoms with van der Waals surface area (Å²) in [7, 11) is 0. The highest BCUT2D eigenvalue weighted by Gasteiger charge is 2.13. The molecular weight excluding hydrogens is 372 g/mol. The van der Waals surface area contributed by atoms with Crippen molar-refractivity contribution in [1.82, 2.24) is 0 Å². The number of Topliss-reactive ketones (excluding diaryl/α,β-unsaturated/α-hetero) is 1. The number of carbonyl (C=O) groups is 1. The predicted molar refractivity (Wildman–Crippen MR) is 76.0 cm³/mol. The lowest BCUT2D eigenvalue weighted by molar-refractivity contribution is 0.0208. The summed E-state index contributed by atoms with van der Waals surface area (Å²) in [6, 6.07) is 1.80. The zero-order chi connectivity index (χ0) is 12.8. The van der Waals surface area contributed by atoms with Crippen molar-refractivity contribution >= 4 is 49.0 Å². The highest BCUT2D eigenvalue weighted by atomic mass is 79.9. The van der Waals surface area contributed by atoms with Gasteiger partial charge in [0.25, 0.3) is 0 Å². The van der Waals surface area contributed by atoms with E-state index in [-0.39, 0.29) is 18.5 Å². The molecular formula is C11H14Br2O3S. The Bertz CT molecular complexity index is 377. The maximum Gasteiger partial charge on any atom is 0.190 e. The molecule has 3 nitrogen and oxygen atoms in total. The molecule has 0 saturated carbocycles. The fraction of sp³-hybridized carbons (Fsp3) is 0.545. The number of carbonyl (C=O) groups excluding carboxylic acids is 1. The van der Waals surface area contributed by atoms with Crippen molar-refractivity contribution < 1.29 is 14.3 Å². The third-order valence-electron chi connectivity index (χ3n) is 1.87. The number of halogens is 2. The highest BCUT2D eigenvalue weighted by Crippen LogP contribution is 2.32. The monoisotopic (exact) mass is 384 g/mol. The van der Waals surface area contributed by atoms with Crippen LogP contribution in [-0.4, -0.2) is 31.7 Å². The second kappa shape index (κ2) is 7.63. The number of hydrogen-bond donors (Lipinski definition) is 0. The predicted octanol–water partition coefficient (Wildman–Crippen LogP) is 3.90. The molecule has 96 valence electrons. The molecule has 0 spiro atoms. The fourth-order valence-corrected chi connectivity index (χ4v) is 3.97. The van der Waals surface area contributed by atoms with E-state index in [0.717, 1.165) is 7.57 Å². The molecule has 1 rings (SSSR count). The van der Waals surface area contributed by atoms with E-state index < -0.39 is 0 Å². The Morgan fingerprint density at radius 3 is 2.65 bits per heavy atom. The number of ether oxygens (including phenoxy) is 2. The molecule has 0 radical (unpaired) electrons. The summed E-state index contributed by atoms with van der Waals surface area (Å²) >= 11 is 8.16. The van der Waals surface area contributed by atoms with Gasteiger partial charge in [-0.3, -0.25) is 4.79 Å². The van der Waals surface area contributed by atoms with E-state index in [4.69, 9.17) is 9.47 Å². The molecule has 0 bridgehead atoms. The van der Waals surface area contributed by atoms with Gasteiger partial charge in [0.1, 0.15) is 6.61 Å². The average molecular weight is 386 g/mol.